The summed E-state index contributed by atoms with van der Waals surface area (Å²) in [5.41, 5.74) is 9.09. The second-order valence-electron chi connectivity index (χ2n) is 9.41. The number of amides is 2. The molecular formula is C30H35FN4O2. The molecule has 0 spiro atoms. The van der Waals surface area contributed by atoms with Gasteiger partial charge in [-0.25, -0.2) is 4.39 Å². The Kier molecular flexibility index (Phi) is 8.56. The molecule has 1 saturated heterocycles. The van der Waals surface area contributed by atoms with Gasteiger partial charge in [-0.1, -0.05) is 30.3 Å². The van der Waals surface area contributed by atoms with Crippen molar-refractivity contribution in [1.29, 1.82) is 0 Å². The van der Waals surface area contributed by atoms with Gasteiger partial charge in [-0.05, 0) is 74.7 Å². The smallest absolute Gasteiger partial charge is 0.253 e. The van der Waals surface area contributed by atoms with E-state index in [-0.39, 0.29) is 17.5 Å². The third kappa shape index (κ3) is 6.17. The number of rotatable bonds is 9. The molecule has 0 aromatic heterocycles. The van der Waals surface area contributed by atoms with E-state index in [9.17, 15) is 14.0 Å². The molecule has 1 fully saturated rings. The SMILES string of the molecule is CCN(CC)C(=O)c1ccc(N(c2cc(F)ccc2C(N)=O)C2CCN(Cc3ccccc3)CC2)cc1. The Labute approximate surface area is 218 Å². The van der Waals surface area contributed by atoms with Gasteiger partial charge in [-0.3, -0.25) is 14.5 Å². The van der Waals surface area contributed by atoms with Gasteiger partial charge >= 0.3 is 0 Å². The predicted octanol–water partition coefficient (Wildman–Crippen LogP) is 5.21. The number of benzene rings is 3. The zero-order chi connectivity index (χ0) is 26.4. The zero-order valence-electron chi connectivity index (χ0n) is 21.6. The highest BCUT2D eigenvalue weighted by Crippen LogP contribution is 2.35. The number of piperidine rings is 1. The number of halogens is 1. The molecular weight excluding hydrogens is 467 g/mol. The van der Waals surface area contributed by atoms with E-state index in [1.807, 2.05) is 49.1 Å². The van der Waals surface area contributed by atoms with Crippen LogP contribution in [0.1, 0.15) is 53.0 Å². The number of likely N-dealkylation sites (tertiary alicyclic amines) is 1. The minimum atomic E-state index is -0.602. The van der Waals surface area contributed by atoms with Crippen molar-refractivity contribution < 1.29 is 14.0 Å². The number of nitrogens with two attached hydrogens (primary N) is 1. The lowest BCUT2D eigenvalue weighted by Gasteiger charge is -2.40. The normalized spacial score (nSPS) is 14.4. The molecule has 2 N–H and O–H groups in total. The van der Waals surface area contributed by atoms with Crippen molar-refractivity contribution in [2.75, 3.05) is 31.1 Å². The number of nitrogens with zero attached hydrogens (tertiary/aromatic N) is 3. The molecule has 0 unspecified atom stereocenters. The van der Waals surface area contributed by atoms with Gasteiger partial charge in [0, 0.05) is 50.0 Å². The monoisotopic (exact) mass is 502 g/mol. The standard InChI is InChI=1S/C30H35FN4O2/c1-3-34(4-2)30(37)23-10-13-25(14-11-23)35(28-20-24(31)12-15-27(28)29(32)36)26-16-18-33(19-17-26)21-22-8-6-5-7-9-22/h5-15,20,26H,3-4,16-19,21H2,1-2H3,(H2,32,36). The van der Waals surface area contributed by atoms with Crippen LogP contribution < -0.4 is 10.6 Å². The van der Waals surface area contributed by atoms with Gasteiger partial charge in [0.25, 0.3) is 11.8 Å². The maximum atomic E-state index is 14.5. The first-order valence-electron chi connectivity index (χ1n) is 13.0. The van der Waals surface area contributed by atoms with Crippen LogP contribution in [0.2, 0.25) is 0 Å². The summed E-state index contributed by atoms with van der Waals surface area (Å²) in [4.78, 5) is 31.3. The average Bonchev–Trinajstić information content (AvgIpc) is 2.91. The van der Waals surface area contributed by atoms with Gasteiger partial charge in [0.05, 0.1) is 11.3 Å². The number of hydrogen-bond acceptors (Lipinski definition) is 4. The summed E-state index contributed by atoms with van der Waals surface area (Å²) in [5.74, 6) is -1.06. The highest BCUT2D eigenvalue weighted by Gasteiger charge is 2.29. The molecule has 3 aromatic carbocycles. The van der Waals surface area contributed by atoms with E-state index in [1.165, 1.54) is 23.8 Å². The molecule has 0 saturated carbocycles. The molecule has 7 heteroatoms. The van der Waals surface area contributed by atoms with Gasteiger partial charge in [-0.2, -0.15) is 0 Å². The summed E-state index contributed by atoms with van der Waals surface area (Å²) in [6.45, 7) is 7.80. The zero-order valence-corrected chi connectivity index (χ0v) is 21.6. The molecule has 194 valence electrons. The fourth-order valence-electron chi connectivity index (χ4n) is 5.09. The fourth-order valence-corrected chi connectivity index (χ4v) is 5.09. The maximum absolute atomic E-state index is 14.5. The first kappa shape index (κ1) is 26.4. The Morgan fingerprint density at radius 2 is 1.59 bits per heavy atom. The van der Waals surface area contributed by atoms with E-state index < -0.39 is 11.7 Å². The molecule has 4 rings (SSSR count). The van der Waals surface area contributed by atoms with Crippen LogP contribution in [0.5, 0.6) is 0 Å². The van der Waals surface area contributed by atoms with E-state index in [0.29, 0.717) is 24.3 Å². The quantitative estimate of drug-likeness (QED) is 0.436. The van der Waals surface area contributed by atoms with E-state index in [0.717, 1.165) is 38.2 Å². The second-order valence-corrected chi connectivity index (χ2v) is 9.41. The number of hydrogen-bond donors (Lipinski definition) is 1. The fraction of sp³-hybridized carbons (Fsp3) is 0.333. The third-order valence-corrected chi connectivity index (χ3v) is 7.10. The van der Waals surface area contributed by atoms with Crippen molar-refractivity contribution >= 4 is 23.2 Å². The molecule has 1 heterocycles. The van der Waals surface area contributed by atoms with Gasteiger partial charge in [0.15, 0.2) is 0 Å². The van der Waals surface area contributed by atoms with Crippen LogP contribution in [-0.2, 0) is 6.54 Å². The van der Waals surface area contributed by atoms with E-state index in [2.05, 4.69) is 17.0 Å². The van der Waals surface area contributed by atoms with E-state index in [1.54, 1.807) is 17.0 Å². The molecule has 0 atom stereocenters. The third-order valence-electron chi connectivity index (χ3n) is 7.10. The molecule has 6 nitrogen and oxygen atoms in total. The minimum absolute atomic E-state index is 0.0269. The summed E-state index contributed by atoms with van der Waals surface area (Å²) >= 11 is 0. The number of carbonyl (C=O) groups is 2. The average molecular weight is 503 g/mol. The summed E-state index contributed by atoms with van der Waals surface area (Å²) in [6.07, 6.45) is 1.67. The van der Waals surface area contributed by atoms with Gasteiger partial charge in [0.2, 0.25) is 0 Å². The summed E-state index contributed by atoms with van der Waals surface area (Å²) in [7, 11) is 0. The Morgan fingerprint density at radius 1 is 0.946 bits per heavy atom. The Balaban J connectivity index is 1.63. The summed E-state index contributed by atoms with van der Waals surface area (Å²) in [6, 6.07) is 21.9. The molecule has 1 aliphatic rings. The van der Waals surface area contributed by atoms with Crippen LogP contribution in [-0.4, -0.2) is 53.8 Å². The van der Waals surface area contributed by atoms with Gasteiger partial charge < -0.3 is 15.5 Å². The summed E-state index contributed by atoms with van der Waals surface area (Å²) < 4.78 is 14.5. The predicted molar refractivity (Wildman–Crippen MR) is 145 cm³/mol. The highest BCUT2D eigenvalue weighted by atomic mass is 19.1. The van der Waals surface area contributed by atoms with Crippen molar-refractivity contribution in [3.05, 3.63) is 95.3 Å². The van der Waals surface area contributed by atoms with Crippen molar-refractivity contribution in [3.8, 4) is 0 Å². The molecule has 37 heavy (non-hydrogen) atoms. The highest BCUT2D eigenvalue weighted by molar-refractivity contribution is 6.00. The van der Waals surface area contributed by atoms with Gasteiger partial charge in [-0.15, -0.1) is 0 Å². The van der Waals surface area contributed by atoms with Crippen molar-refractivity contribution in [2.45, 2.75) is 39.3 Å². The number of carbonyl (C=O) groups excluding carboxylic acids is 2. The number of anilines is 2. The van der Waals surface area contributed by atoms with Crippen molar-refractivity contribution in [2.24, 2.45) is 5.73 Å². The molecule has 2 amide bonds. The second kappa shape index (κ2) is 12.0. The van der Waals surface area contributed by atoms with Crippen molar-refractivity contribution in [3.63, 3.8) is 0 Å². The lowest BCUT2D eigenvalue weighted by atomic mass is 9.98. The first-order valence-corrected chi connectivity index (χ1v) is 13.0. The van der Waals surface area contributed by atoms with Crippen molar-refractivity contribution in [1.82, 2.24) is 9.80 Å². The van der Waals surface area contributed by atoms with E-state index in [4.69, 9.17) is 5.73 Å². The van der Waals surface area contributed by atoms with Crippen LogP contribution >= 0.6 is 0 Å². The molecule has 3 aromatic rings. The molecule has 0 bridgehead atoms. The van der Waals surface area contributed by atoms with Crippen LogP contribution in [0.3, 0.4) is 0 Å². The van der Waals surface area contributed by atoms with Crippen LogP contribution in [0.4, 0.5) is 15.8 Å². The Morgan fingerprint density at radius 3 is 2.19 bits per heavy atom. The van der Waals surface area contributed by atoms with Gasteiger partial charge in [0.1, 0.15) is 5.82 Å². The van der Waals surface area contributed by atoms with Crippen LogP contribution in [0, 0.1) is 5.82 Å². The molecule has 0 radical (unpaired) electrons. The number of primary amides is 1. The Hall–Kier alpha value is -3.71. The van der Waals surface area contributed by atoms with E-state index >= 15 is 0 Å². The molecule has 1 aliphatic heterocycles. The maximum Gasteiger partial charge on any atom is 0.253 e. The Bertz CT molecular complexity index is 1200. The van der Waals surface area contributed by atoms with Crippen LogP contribution in [0.15, 0.2) is 72.8 Å². The lowest BCUT2D eigenvalue weighted by molar-refractivity contribution is 0.0772. The molecule has 0 aliphatic carbocycles. The summed E-state index contributed by atoms with van der Waals surface area (Å²) in [5, 5.41) is 0. The topological polar surface area (TPSA) is 69.9 Å². The van der Waals surface area contributed by atoms with Crippen LogP contribution in [0.25, 0.3) is 0 Å². The lowest BCUT2D eigenvalue weighted by Crippen LogP contribution is -2.43. The first-order chi connectivity index (χ1) is 17.9. The largest absolute Gasteiger partial charge is 0.366 e. The minimum Gasteiger partial charge on any atom is -0.366 e.